The standard InChI is InChI=1S/C12H13N5O3/c1-6-3-4-7(11(19)20-2)5-8(6)14-10(18)9-15-12(13)17-16-9/h3-5H,1-2H3,(H,14,18)(H3,13,15,16,17). The van der Waals surface area contributed by atoms with Crippen molar-refractivity contribution in [3.8, 4) is 0 Å². The van der Waals surface area contributed by atoms with Crippen molar-refractivity contribution >= 4 is 23.5 Å². The lowest BCUT2D eigenvalue weighted by atomic mass is 10.1. The molecule has 1 aromatic carbocycles. The highest BCUT2D eigenvalue weighted by Crippen LogP contribution is 2.18. The number of anilines is 2. The first-order chi connectivity index (χ1) is 9.51. The molecular weight excluding hydrogens is 262 g/mol. The van der Waals surface area contributed by atoms with Gasteiger partial charge in [-0.05, 0) is 24.6 Å². The molecule has 0 saturated heterocycles. The molecule has 8 heteroatoms. The smallest absolute Gasteiger partial charge is 0.337 e. The first-order valence-electron chi connectivity index (χ1n) is 5.69. The van der Waals surface area contributed by atoms with Crippen LogP contribution >= 0.6 is 0 Å². The Hall–Kier alpha value is -2.90. The number of hydrogen-bond donors (Lipinski definition) is 3. The quantitative estimate of drug-likeness (QED) is 0.710. The molecule has 0 saturated carbocycles. The summed E-state index contributed by atoms with van der Waals surface area (Å²) in [5, 5.41) is 8.59. The molecule has 0 aliphatic heterocycles. The molecule has 0 bridgehead atoms. The van der Waals surface area contributed by atoms with Crippen molar-refractivity contribution in [1.82, 2.24) is 15.2 Å². The van der Waals surface area contributed by atoms with E-state index in [-0.39, 0.29) is 11.8 Å². The number of nitrogen functional groups attached to an aromatic ring is 1. The summed E-state index contributed by atoms with van der Waals surface area (Å²) < 4.78 is 4.63. The Balaban J connectivity index is 2.24. The number of nitrogens with one attached hydrogen (secondary N) is 2. The Bertz CT molecular complexity index is 665. The summed E-state index contributed by atoms with van der Waals surface area (Å²) in [6, 6.07) is 4.85. The molecule has 20 heavy (non-hydrogen) atoms. The Morgan fingerprint density at radius 3 is 2.75 bits per heavy atom. The number of nitrogens with zero attached hydrogens (tertiary/aromatic N) is 2. The molecule has 0 aliphatic carbocycles. The number of nitrogens with two attached hydrogens (primary N) is 1. The van der Waals surface area contributed by atoms with Crippen LogP contribution in [0.25, 0.3) is 0 Å². The lowest BCUT2D eigenvalue weighted by molar-refractivity contribution is 0.0600. The Morgan fingerprint density at radius 2 is 2.15 bits per heavy atom. The maximum atomic E-state index is 11.9. The number of benzene rings is 1. The van der Waals surface area contributed by atoms with Gasteiger partial charge in [0.2, 0.25) is 11.8 Å². The van der Waals surface area contributed by atoms with Gasteiger partial charge in [-0.3, -0.25) is 9.89 Å². The number of aromatic nitrogens is 3. The minimum Gasteiger partial charge on any atom is -0.465 e. The Morgan fingerprint density at radius 1 is 1.40 bits per heavy atom. The van der Waals surface area contributed by atoms with Crippen LogP contribution in [0.15, 0.2) is 18.2 Å². The molecule has 1 heterocycles. The van der Waals surface area contributed by atoms with Crippen molar-refractivity contribution < 1.29 is 14.3 Å². The minimum absolute atomic E-state index is 0.00892. The Kier molecular flexibility index (Phi) is 3.65. The number of ether oxygens (including phenoxy) is 1. The average molecular weight is 275 g/mol. The van der Waals surface area contributed by atoms with Crippen LogP contribution in [-0.2, 0) is 4.74 Å². The second-order valence-electron chi connectivity index (χ2n) is 4.02. The van der Waals surface area contributed by atoms with Crippen LogP contribution in [0.4, 0.5) is 11.6 Å². The molecule has 104 valence electrons. The highest BCUT2D eigenvalue weighted by atomic mass is 16.5. The molecule has 1 amide bonds. The van der Waals surface area contributed by atoms with E-state index in [9.17, 15) is 9.59 Å². The van der Waals surface area contributed by atoms with Gasteiger partial charge in [0.1, 0.15) is 0 Å². The van der Waals surface area contributed by atoms with Crippen molar-refractivity contribution in [1.29, 1.82) is 0 Å². The normalized spacial score (nSPS) is 10.1. The highest BCUT2D eigenvalue weighted by Gasteiger charge is 2.14. The topological polar surface area (TPSA) is 123 Å². The van der Waals surface area contributed by atoms with E-state index in [2.05, 4.69) is 25.2 Å². The summed E-state index contributed by atoms with van der Waals surface area (Å²) >= 11 is 0. The maximum absolute atomic E-state index is 11.9. The van der Waals surface area contributed by atoms with Crippen LogP contribution in [-0.4, -0.2) is 34.2 Å². The first-order valence-corrected chi connectivity index (χ1v) is 5.69. The molecule has 2 rings (SSSR count). The lowest BCUT2D eigenvalue weighted by Gasteiger charge is -2.08. The molecule has 1 aromatic heterocycles. The number of rotatable bonds is 3. The number of aromatic amines is 1. The number of H-pyrrole nitrogens is 1. The number of carbonyl (C=O) groups excluding carboxylic acids is 2. The molecule has 2 aromatic rings. The number of carbonyl (C=O) groups is 2. The number of methoxy groups -OCH3 is 1. The van der Waals surface area contributed by atoms with Gasteiger partial charge in [-0.15, -0.1) is 5.10 Å². The fourth-order valence-electron chi connectivity index (χ4n) is 1.56. The van der Waals surface area contributed by atoms with Gasteiger partial charge in [-0.25, -0.2) is 4.79 Å². The van der Waals surface area contributed by atoms with Gasteiger partial charge in [-0.1, -0.05) is 6.07 Å². The first kappa shape index (κ1) is 13.5. The SMILES string of the molecule is COC(=O)c1ccc(C)c(NC(=O)c2nc(N)n[nH]2)c1. The summed E-state index contributed by atoms with van der Waals surface area (Å²) in [5.74, 6) is -1.01. The zero-order chi connectivity index (χ0) is 14.7. The van der Waals surface area contributed by atoms with Gasteiger partial charge >= 0.3 is 5.97 Å². The second kappa shape index (κ2) is 5.39. The average Bonchev–Trinajstić information content (AvgIpc) is 2.87. The van der Waals surface area contributed by atoms with Gasteiger partial charge in [-0.2, -0.15) is 4.98 Å². The van der Waals surface area contributed by atoms with E-state index in [0.717, 1.165) is 5.56 Å². The zero-order valence-electron chi connectivity index (χ0n) is 10.9. The van der Waals surface area contributed by atoms with Crippen LogP contribution in [0.1, 0.15) is 26.5 Å². The molecule has 4 N–H and O–H groups in total. The maximum Gasteiger partial charge on any atom is 0.337 e. The fraction of sp³-hybridized carbons (Fsp3) is 0.167. The van der Waals surface area contributed by atoms with Crippen LogP contribution < -0.4 is 11.1 Å². The Labute approximate surface area is 114 Å². The summed E-state index contributed by atoms with van der Waals surface area (Å²) in [6.07, 6.45) is 0. The van der Waals surface area contributed by atoms with Crippen molar-refractivity contribution in [2.45, 2.75) is 6.92 Å². The van der Waals surface area contributed by atoms with Gasteiger partial charge in [0.15, 0.2) is 0 Å². The predicted molar refractivity (Wildman–Crippen MR) is 71.3 cm³/mol. The van der Waals surface area contributed by atoms with E-state index in [1.807, 2.05) is 0 Å². The third-order valence-corrected chi connectivity index (χ3v) is 2.62. The van der Waals surface area contributed by atoms with Crippen molar-refractivity contribution in [2.75, 3.05) is 18.2 Å². The van der Waals surface area contributed by atoms with Crippen LogP contribution in [0.5, 0.6) is 0 Å². The summed E-state index contributed by atoms with van der Waals surface area (Å²) in [5.41, 5.74) is 6.94. The van der Waals surface area contributed by atoms with E-state index < -0.39 is 11.9 Å². The van der Waals surface area contributed by atoms with Crippen molar-refractivity contribution in [2.24, 2.45) is 0 Å². The molecule has 0 atom stereocenters. The van der Waals surface area contributed by atoms with Crippen LogP contribution in [0, 0.1) is 6.92 Å². The number of aryl methyl sites for hydroxylation is 1. The minimum atomic E-state index is -0.501. The largest absolute Gasteiger partial charge is 0.465 e. The molecule has 0 aliphatic rings. The van der Waals surface area contributed by atoms with Gasteiger partial charge in [0, 0.05) is 5.69 Å². The van der Waals surface area contributed by atoms with Gasteiger partial charge < -0.3 is 15.8 Å². The van der Waals surface area contributed by atoms with Crippen molar-refractivity contribution in [3.63, 3.8) is 0 Å². The fourth-order valence-corrected chi connectivity index (χ4v) is 1.56. The second-order valence-corrected chi connectivity index (χ2v) is 4.02. The van der Waals surface area contributed by atoms with E-state index in [1.165, 1.54) is 13.2 Å². The number of hydrogen-bond acceptors (Lipinski definition) is 6. The van der Waals surface area contributed by atoms with E-state index in [1.54, 1.807) is 19.1 Å². The van der Waals surface area contributed by atoms with E-state index in [0.29, 0.717) is 11.3 Å². The molecule has 0 spiro atoms. The zero-order valence-corrected chi connectivity index (χ0v) is 10.9. The monoisotopic (exact) mass is 275 g/mol. The van der Waals surface area contributed by atoms with Gasteiger partial charge in [0.25, 0.3) is 5.91 Å². The molecular formula is C12H13N5O3. The third-order valence-electron chi connectivity index (χ3n) is 2.62. The molecule has 0 unspecified atom stereocenters. The third kappa shape index (κ3) is 2.74. The van der Waals surface area contributed by atoms with Crippen molar-refractivity contribution in [3.05, 3.63) is 35.2 Å². The predicted octanol–water partition coefficient (Wildman–Crippen LogP) is 0.734. The lowest BCUT2D eigenvalue weighted by Crippen LogP contribution is -2.15. The van der Waals surface area contributed by atoms with Gasteiger partial charge in [0.05, 0.1) is 12.7 Å². The summed E-state index contributed by atoms with van der Waals surface area (Å²) in [7, 11) is 1.29. The van der Waals surface area contributed by atoms with Crippen LogP contribution in [0.3, 0.4) is 0 Å². The highest BCUT2D eigenvalue weighted by molar-refractivity contribution is 6.03. The molecule has 0 fully saturated rings. The van der Waals surface area contributed by atoms with E-state index >= 15 is 0 Å². The van der Waals surface area contributed by atoms with E-state index in [4.69, 9.17) is 5.73 Å². The van der Waals surface area contributed by atoms with Crippen LogP contribution in [0.2, 0.25) is 0 Å². The summed E-state index contributed by atoms with van der Waals surface area (Å²) in [6.45, 7) is 1.80. The number of amides is 1. The summed E-state index contributed by atoms with van der Waals surface area (Å²) in [4.78, 5) is 27.1. The molecule has 0 radical (unpaired) electrons. The number of esters is 1. The molecule has 8 nitrogen and oxygen atoms in total.